The van der Waals surface area contributed by atoms with Crippen LogP contribution in [0.1, 0.15) is 81.9 Å². The smallest absolute Gasteiger partial charge is 0.425 e. The first kappa shape index (κ1) is 31.9. The molecule has 0 aliphatic carbocycles. The van der Waals surface area contributed by atoms with Crippen molar-refractivity contribution < 1.29 is 33.0 Å². The van der Waals surface area contributed by atoms with Gasteiger partial charge in [-0.15, -0.1) is 0 Å². The SMILES string of the molecule is CC1Oc2cc(cnc2N(C(=O)OC(C)(C)C)C(=O)OC(C)(C)C)-c2c(nn(C)c2C#N)CN(C)C(=O)c2ccc(F)cc21. The number of ether oxygens (including phenoxy) is 3. The first-order valence-electron chi connectivity index (χ1n) is 13.8. The summed E-state index contributed by atoms with van der Waals surface area (Å²) in [6.45, 7) is 11.4. The number of aryl methyl sites for hydroxylation is 1. The molecule has 1 atom stereocenters. The van der Waals surface area contributed by atoms with E-state index in [1.54, 1.807) is 62.6 Å². The molecule has 232 valence electrons. The minimum atomic E-state index is -1.08. The summed E-state index contributed by atoms with van der Waals surface area (Å²) in [5, 5.41) is 14.5. The van der Waals surface area contributed by atoms with E-state index in [1.165, 1.54) is 40.0 Å². The van der Waals surface area contributed by atoms with Gasteiger partial charge in [-0.3, -0.25) is 9.48 Å². The number of halogens is 1. The molecule has 0 spiro atoms. The molecular formula is C31H35FN6O6. The largest absolute Gasteiger partial charge is 0.482 e. The maximum atomic E-state index is 14.5. The molecule has 0 N–H and O–H groups in total. The van der Waals surface area contributed by atoms with Crippen LogP contribution in [0.15, 0.2) is 30.5 Å². The molecule has 0 saturated carbocycles. The van der Waals surface area contributed by atoms with Gasteiger partial charge in [0.2, 0.25) is 0 Å². The molecule has 3 heterocycles. The highest BCUT2D eigenvalue weighted by Gasteiger charge is 2.37. The number of rotatable bonds is 1. The third-order valence-corrected chi connectivity index (χ3v) is 6.43. The maximum Gasteiger partial charge on any atom is 0.425 e. The van der Waals surface area contributed by atoms with Crippen LogP contribution < -0.4 is 9.64 Å². The maximum absolute atomic E-state index is 14.5. The van der Waals surface area contributed by atoms with Crippen LogP contribution in [0.3, 0.4) is 0 Å². The highest BCUT2D eigenvalue weighted by molar-refractivity contribution is 6.10. The number of carbonyl (C=O) groups excluding carboxylic acids is 3. The Morgan fingerprint density at radius 2 is 1.70 bits per heavy atom. The standard InChI is InChI=1S/C31H35FN6O6/c1-17-21-13-19(32)10-11-20(21)27(39)36(8)16-22-25(23(14-33)37(9)35-22)18-12-24(42-17)26(34-15-18)38(28(40)43-30(2,3)4)29(41)44-31(5,6)7/h10-13,15,17H,16H2,1-9H3. The van der Waals surface area contributed by atoms with Crippen LogP contribution in [0.2, 0.25) is 0 Å². The molecule has 3 amide bonds. The lowest BCUT2D eigenvalue weighted by molar-refractivity contribution is 0.0426. The highest BCUT2D eigenvalue weighted by Crippen LogP contribution is 2.39. The second-order valence-electron chi connectivity index (χ2n) is 12.4. The molecule has 1 aliphatic rings. The van der Waals surface area contributed by atoms with Gasteiger partial charge in [-0.05, 0) is 72.7 Å². The Bertz CT molecular complexity index is 1650. The predicted octanol–water partition coefficient (Wildman–Crippen LogP) is 5.90. The monoisotopic (exact) mass is 606 g/mol. The number of nitriles is 1. The van der Waals surface area contributed by atoms with Gasteiger partial charge in [0.15, 0.2) is 11.6 Å². The summed E-state index contributed by atoms with van der Waals surface area (Å²) < 4.78 is 33.3. The molecule has 3 aromatic rings. The lowest BCUT2D eigenvalue weighted by atomic mass is 10.00. The Morgan fingerprint density at radius 1 is 1.09 bits per heavy atom. The molecule has 0 radical (unpaired) electrons. The van der Waals surface area contributed by atoms with E-state index in [1.807, 2.05) is 0 Å². The second-order valence-corrected chi connectivity index (χ2v) is 12.4. The molecule has 0 saturated heterocycles. The number of aromatic nitrogens is 3. The number of hydrogen-bond acceptors (Lipinski definition) is 9. The fraction of sp³-hybridized carbons (Fsp3) is 0.419. The summed E-state index contributed by atoms with van der Waals surface area (Å²) in [6.07, 6.45) is -1.77. The molecule has 0 fully saturated rings. The van der Waals surface area contributed by atoms with E-state index < -0.39 is 41.2 Å². The lowest BCUT2D eigenvalue weighted by Gasteiger charge is -2.29. The quantitative estimate of drug-likeness (QED) is 0.331. The van der Waals surface area contributed by atoms with Crippen molar-refractivity contribution in [2.75, 3.05) is 11.9 Å². The van der Waals surface area contributed by atoms with Gasteiger partial charge < -0.3 is 19.1 Å². The zero-order valence-corrected chi connectivity index (χ0v) is 26.2. The van der Waals surface area contributed by atoms with Crippen LogP contribution in [-0.4, -0.2) is 56.0 Å². The molecule has 1 aromatic carbocycles. The van der Waals surface area contributed by atoms with Crippen molar-refractivity contribution in [3.8, 4) is 22.9 Å². The van der Waals surface area contributed by atoms with Crippen molar-refractivity contribution >= 4 is 23.9 Å². The van der Waals surface area contributed by atoms with Gasteiger partial charge in [0.05, 0.1) is 12.2 Å². The number of nitrogens with zero attached hydrogens (tertiary/aromatic N) is 6. The van der Waals surface area contributed by atoms with Gasteiger partial charge in [-0.25, -0.2) is 19.0 Å². The summed E-state index contributed by atoms with van der Waals surface area (Å²) in [7, 11) is 3.17. The lowest BCUT2D eigenvalue weighted by Crippen LogP contribution is -2.44. The molecular weight excluding hydrogens is 571 g/mol. The number of amides is 3. The average Bonchev–Trinajstić information content (AvgIpc) is 3.20. The molecule has 1 aliphatic heterocycles. The summed E-state index contributed by atoms with van der Waals surface area (Å²) in [6, 6.07) is 7.36. The van der Waals surface area contributed by atoms with Crippen LogP contribution in [0, 0.1) is 17.1 Å². The van der Waals surface area contributed by atoms with E-state index >= 15 is 0 Å². The van der Waals surface area contributed by atoms with Gasteiger partial charge in [-0.2, -0.15) is 15.3 Å². The Labute approximate surface area is 254 Å². The topological polar surface area (TPSA) is 140 Å². The van der Waals surface area contributed by atoms with E-state index in [0.29, 0.717) is 21.7 Å². The number of carbonyl (C=O) groups is 3. The normalized spacial score (nSPS) is 15.1. The molecule has 13 heteroatoms. The molecule has 44 heavy (non-hydrogen) atoms. The Hall–Kier alpha value is -4.99. The summed E-state index contributed by atoms with van der Waals surface area (Å²) in [5.41, 5.74) is -0.272. The Balaban J connectivity index is 2.02. The minimum absolute atomic E-state index is 0.00870. The minimum Gasteiger partial charge on any atom is -0.482 e. The predicted molar refractivity (Wildman–Crippen MR) is 157 cm³/mol. The van der Waals surface area contributed by atoms with Crippen molar-refractivity contribution in [3.05, 3.63) is 58.8 Å². The van der Waals surface area contributed by atoms with E-state index in [-0.39, 0.29) is 34.9 Å². The molecule has 2 aromatic heterocycles. The fourth-order valence-electron chi connectivity index (χ4n) is 4.63. The van der Waals surface area contributed by atoms with Crippen molar-refractivity contribution in [3.63, 3.8) is 0 Å². The Morgan fingerprint density at radius 3 is 2.27 bits per heavy atom. The summed E-state index contributed by atoms with van der Waals surface area (Å²) >= 11 is 0. The van der Waals surface area contributed by atoms with Crippen LogP contribution in [0.4, 0.5) is 19.8 Å². The van der Waals surface area contributed by atoms with Crippen LogP contribution in [0.25, 0.3) is 11.1 Å². The number of imide groups is 1. The van der Waals surface area contributed by atoms with Gasteiger partial charge in [0.25, 0.3) is 5.91 Å². The van der Waals surface area contributed by atoms with Crippen LogP contribution >= 0.6 is 0 Å². The second kappa shape index (κ2) is 11.6. The third-order valence-electron chi connectivity index (χ3n) is 6.43. The van der Waals surface area contributed by atoms with Crippen molar-refractivity contribution in [2.24, 2.45) is 7.05 Å². The molecule has 2 bridgehead atoms. The highest BCUT2D eigenvalue weighted by atomic mass is 19.1. The number of anilines is 1. The van der Waals surface area contributed by atoms with Crippen molar-refractivity contribution in [1.29, 1.82) is 5.26 Å². The number of fused-ring (bicyclic) bond motifs is 5. The molecule has 12 nitrogen and oxygen atoms in total. The van der Waals surface area contributed by atoms with E-state index in [4.69, 9.17) is 14.2 Å². The fourth-order valence-corrected chi connectivity index (χ4v) is 4.63. The first-order valence-corrected chi connectivity index (χ1v) is 13.8. The van der Waals surface area contributed by atoms with Crippen LogP contribution in [0.5, 0.6) is 5.75 Å². The van der Waals surface area contributed by atoms with Gasteiger partial charge in [-0.1, -0.05) is 0 Å². The molecule has 1 unspecified atom stereocenters. The van der Waals surface area contributed by atoms with Crippen molar-refractivity contribution in [2.45, 2.75) is 72.3 Å². The van der Waals surface area contributed by atoms with Crippen LogP contribution in [-0.2, 0) is 23.1 Å². The number of pyridine rings is 1. The molecule has 4 rings (SSSR count). The summed E-state index contributed by atoms with van der Waals surface area (Å²) in [5.74, 6) is -1.39. The number of hydrogen-bond donors (Lipinski definition) is 0. The zero-order valence-electron chi connectivity index (χ0n) is 26.2. The summed E-state index contributed by atoms with van der Waals surface area (Å²) in [4.78, 5) is 47.1. The number of benzene rings is 1. The van der Waals surface area contributed by atoms with Crippen molar-refractivity contribution in [1.82, 2.24) is 19.7 Å². The van der Waals surface area contributed by atoms with Gasteiger partial charge in [0, 0.05) is 42.5 Å². The van der Waals surface area contributed by atoms with Gasteiger partial charge in [0.1, 0.15) is 34.9 Å². The van der Waals surface area contributed by atoms with Gasteiger partial charge >= 0.3 is 12.2 Å². The van der Waals surface area contributed by atoms with E-state index in [0.717, 1.165) is 0 Å². The third kappa shape index (κ3) is 6.64. The van der Waals surface area contributed by atoms with E-state index in [9.17, 15) is 24.0 Å². The Kier molecular flexibility index (Phi) is 8.42. The van der Waals surface area contributed by atoms with E-state index in [2.05, 4.69) is 16.2 Å². The average molecular weight is 607 g/mol. The zero-order chi connectivity index (χ0) is 32.7. The first-order chi connectivity index (χ1) is 20.4.